The number of nitrogens with zero attached hydrogens (tertiary/aromatic N) is 3. The summed E-state index contributed by atoms with van der Waals surface area (Å²) in [6.45, 7) is 3.03. The maximum Gasteiger partial charge on any atom is 0.153 e. The molecule has 0 radical (unpaired) electrons. The van der Waals surface area contributed by atoms with E-state index in [0.29, 0.717) is 17.7 Å². The van der Waals surface area contributed by atoms with Crippen LogP contribution in [0.3, 0.4) is 0 Å². The third kappa shape index (κ3) is 3.37. The van der Waals surface area contributed by atoms with E-state index in [1.807, 2.05) is 6.92 Å². The van der Waals surface area contributed by atoms with Crippen molar-refractivity contribution in [2.75, 3.05) is 0 Å². The molecular formula is C13H14FN3O2. The van der Waals surface area contributed by atoms with E-state index in [9.17, 15) is 9.18 Å². The fourth-order valence-corrected chi connectivity index (χ4v) is 1.64. The fraction of sp³-hybridized carbons (Fsp3) is 0.308. The van der Waals surface area contributed by atoms with Gasteiger partial charge in [0.25, 0.3) is 0 Å². The van der Waals surface area contributed by atoms with Crippen LogP contribution in [-0.4, -0.2) is 21.3 Å². The highest BCUT2D eigenvalue weighted by atomic mass is 19.1. The molecule has 0 saturated heterocycles. The summed E-state index contributed by atoms with van der Waals surface area (Å²) in [6.07, 6.45) is 3.32. The summed E-state index contributed by atoms with van der Waals surface area (Å²) in [4.78, 5) is 10.8. The summed E-state index contributed by atoms with van der Waals surface area (Å²) in [7, 11) is 0. The van der Waals surface area contributed by atoms with Gasteiger partial charge in [-0.3, -0.25) is 9.48 Å². The molecule has 2 aromatic rings. The molecular weight excluding hydrogens is 249 g/mol. The summed E-state index contributed by atoms with van der Waals surface area (Å²) in [5, 5.41) is 7.88. The number of ether oxygens (including phenoxy) is 1. The first-order valence-electron chi connectivity index (χ1n) is 5.99. The zero-order valence-electron chi connectivity index (χ0n) is 10.5. The van der Waals surface area contributed by atoms with Crippen molar-refractivity contribution in [3.8, 4) is 5.75 Å². The highest BCUT2D eigenvalue weighted by molar-refractivity contribution is 5.79. The summed E-state index contributed by atoms with van der Waals surface area (Å²) >= 11 is 0. The predicted octanol–water partition coefficient (Wildman–Crippen LogP) is 2.22. The van der Waals surface area contributed by atoms with Crippen LogP contribution in [0, 0.1) is 5.82 Å². The molecule has 0 saturated carbocycles. The first kappa shape index (κ1) is 13.2. The van der Waals surface area contributed by atoms with Gasteiger partial charge in [0, 0.05) is 6.54 Å². The molecule has 0 aliphatic carbocycles. The van der Waals surface area contributed by atoms with E-state index in [1.54, 1.807) is 10.9 Å². The fourth-order valence-electron chi connectivity index (χ4n) is 1.64. The number of aldehydes is 1. The molecule has 19 heavy (non-hydrogen) atoms. The molecule has 0 fully saturated rings. The molecule has 100 valence electrons. The summed E-state index contributed by atoms with van der Waals surface area (Å²) in [6, 6.07) is 3.81. The van der Waals surface area contributed by atoms with E-state index in [4.69, 9.17) is 4.74 Å². The minimum absolute atomic E-state index is 0.181. The number of hydrogen-bond donors (Lipinski definition) is 0. The van der Waals surface area contributed by atoms with Crippen LogP contribution in [0.15, 0.2) is 24.4 Å². The minimum atomic E-state index is -0.469. The van der Waals surface area contributed by atoms with Crippen molar-refractivity contribution in [3.63, 3.8) is 0 Å². The van der Waals surface area contributed by atoms with Crippen molar-refractivity contribution in [2.45, 2.75) is 26.5 Å². The lowest BCUT2D eigenvalue weighted by Gasteiger charge is -2.06. The Bertz CT molecular complexity index is 569. The summed E-state index contributed by atoms with van der Waals surface area (Å²) in [5.41, 5.74) is 0.843. The number of rotatable bonds is 6. The van der Waals surface area contributed by atoms with Gasteiger partial charge in [-0.25, -0.2) is 4.39 Å². The Morgan fingerprint density at radius 1 is 1.47 bits per heavy atom. The van der Waals surface area contributed by atoms with Gasteiger partial charge in [-0.15, -0.1) is 5.10 Å². The Kier molecular flexibility index (Phi) is 4.22. The molecule has 0 aliphatic rings. The van der Waals surface area contributed by atoms with Gasteiger partial charge in [-0.05, 0) is 24.6 Å². The summed E-state index contributed by atoms with van der Waals surface area (Å²) in [5.74, 6) is -0.134. The largest absolute Gasteiger partial charge is 0.486 e. The third-order valence-corrected chi connectivity index (χ3v) is 2.51. The van der Waals surface area contributed by atoms with Gasteiger partial charge in [0.05, 0.1) is 11.8 Å². The quantitative estimate of drug-likeness (QED) is 0.750. The molecule has 0 atom stereocenters. The molecule has 0 amide bonds. The van der Waals surface area contributed by atoms with Crippen LogP contribution in [-0.2, 0) is 13.2 Å². The normalized spacial score (nSPS) is 10.4. The van der Waals surface area contributed by atoms with Crippen molar-refractivity contribution < 1.29 is 13.9 Å². The number of benzene rings is 1. The van der Waals surface area contributed by atoms with Crippen molar-refractivity contribution in [2.24, 2.45) is 0 Å². The smallest absolute Gasteiger partial charge is 0.153 e. The maximum absolute atomic E-state index is 12.9. The third-order valence-electron chi connectivity index (χ3n) is 2.51. The van der Waals surface area contributed by atoms with Crippen LogP contribution >= 0.6 is 0 Å². The maximum atomic E-state index is 12.9. The molecule has 0 N–H and O–H groups in total. The van der Waals surface area contributed by atoms with E-state index < -0.39 is 5.82 Å². The van der Waals surface area contributed by atoms with E-state index in [1.165, 1.54) is 12.1 Å². The average molecular weight is 263 g/mol. The van der Waals surface area contributed by atoms with Gasteiger partial charge in [0.15, 0.2) is 6.29 Å². The molecule has 1 heterocycles. The Labute approximate surface area is 110 Å². The second-order valence-electron chi connectivity index (χ2n) is 4.06. The molecule has 6 heteroatoms. The van der Waals surface area contributed by atoms with Crippen LogP contribution in [0.5, 0.6) is 5.75 Å². The molecule has 1 aromatic heterocycles. The Morgan fingerprint density at radius 2 is 2.32 bits per heavy atom. The lowest BCUT2D eigenvalue weighted by atomic mass is 10.2. The van der Waals surface area contributed by atoms with E-state index in [-0.39, 0.29) is 12.2 Å². The number of carbonyl (C=O) groups is 1. The number of aryl methyl sites for hydroxylation is 1. The van der Waals surface area contributed by atoms with E-state index in [0.717, 1.165) is 19.0 Å². The van der Waals surface area contributed by atoms with Crippen molar-refractivity contribution in [3.05, 3.63) is 41.5 Å². The molecule has 0 spiro atoms. The van der Waals surface area contributed by atoms with Crippen LogP contribution in [0.2, 0.25) is 0 Å². The zero-order chi connectivity index (χ0) is 13.7. The number of hydrogen-bond acceptors (Lipinski definition) is 4. The molecule has 0 aliphatic heterocycles. The van der Waals surface area contributed by atoms with Crippen LogP contribution in [0.1, 0.15) is 29.4 Å². The standard InChI is InChI=1S/C13H14FN3O2/c1-2-5-17-7-12(15-16-17)9-19-13-4-3-11(14)6-10(13)8-18/h3-4,6-8H,2,5,9H2,1H3. The van der Waals surface area contributed by atoms with Crippen LogP contribution in [0.25, 0.3) is 0 Å². The zero-order valence-corrected chi connectivity index (χ0v) is 10.5. The highest BCUT2D eigenvalue weighted by Gasteiger charge is 2.06. The second kappa shape index (κ2) is 6.08. The highest BCUT2D eigenvalue weighted by Crippen LogP contribution is 2.18. The molecule has 2 rings (SSSR count). The van der Waals surface area contributed by atoms with Gasteiger partial charge in [0.1, 0.15) is 23.9 Å². The molecule has 0 bridgehead atoms. The Hall–Kier alpha value is -2.24. The second-order valence-corrected chi connectivity index (χ2v) is 4.06. The molecule has 0 unspecified atom stereocenters. The van der Waals surface area contributed by atoms with Gasteiger partial charge >= 0.3 is 0 Å². The number of carbonyl (C=O) groups excluding carboxylic acids is 1. The van der Waals surface area contributed by atoms with Crippen molar-refractivity contribution >= 4 is 6.29 Å². The first-order chi connectivity index (χ1) is 9.22. The predicted molar refractivity (Wildman–Crippen MR) is 66.4 cm³/mol. The molecule has 1 aromatic carbocycles. The average Bonchev–Trinajstić information content (AvgIpc) is 2.85. The Morgan fingerprint density at radius 3 is 3.05 bits per heavy atom. The van der Waals surface area contributed by atoms with Gasteiger partial charge < -0.3 is 4.74 Å². The topological polar surface area (TPSA) is 57.0 Å². The van der Waals surface area contributed by atoms with Crippen molar-refractivity contribution in [1.29, 1.82) is 0 Å². The summed E-state index contributed by atoms with van der Waals surface area (Å²) < 4.78 is 20.1. The first-order valence-corrected chi connectivity index (χ1v) is 5.99. The SMILES string of the molecule is CCCn1cc(COc2ccc(F)cc2C=O)nn1. The lowest BCUT2D eigenvalue weighted by Crippen LogP contribution is -1.99. The van der Waals surface area contributed by atoms with Gasteiger partial charge in [-0.2, -0.15) is 0 Å². The lowest BCUT2D eigenvalue weighted by molar-refractivity contribution is 0.111. The van der Waals surface area contributed by atoms with Crippen LogP contribution in [0.4, 0.5) is 4.39 Å². The van der Waals surface area contributed by atoms with Crippen molar-refractivity contribution in [1.82, 2.24) is 15.0 Å². The monoisotopic (exact) mass is 263 g/mol. The number of aromatic nitrogens is 3. The van der Waals surface area contributed by atoms with Gasteiger partial charge in [0.2, 0.25) is 0 Å². The van der Waals surface area contributed by atoms with Gasteiger partial charge in [-0.1, -0.05) is 12.1 Å². The van der Waals surface area contributed by atoms with E-state index >= 15 is 0 Å². The number of halogens is 1. The van der Waals surface area contributed by atoms with E-state index in [2.05, 4.69) is 10.3 Å². The molecule has 5 nitrogen and oxygen atoms in total. The minimum Gasteiger partial charge on any atom is -0.486 e. The van der Waals surface area contributed by atoms with Crippen LogP contribution < -0.4 is 4.74 Å². The Balaban J connectivity index is 2.03.